The van der Waals surface area contributed by atoms with Crippen molar-refractivity contribution in [3.05, 3.63) is 12.5 Å². The van der Waals surface area contributed by atoms with Crippen molar-refractivity contribution in [3.8, 4) is 0 Å². The Hall–Kier alpha value is -2.18. The number of carboxylic acid groups (broad SMARTS) is 1. The van der Waals surface area contributed by atoms with Crippen LogP contribution >= 0.6 is 0 Å². The molecule has 2 fully saturated rings. The number of aryl methyl sites for hydroxylation is 1. The van der Waals surface area contributed by atoms with Gasteiger partial charge >= 0.3 is 5.97 Å². The summed E-state index contributed by atoms with van der Waals surface area (Å²) in [5.41, 5.74) is 0.752. The molecular weight excluding hydrogens is 270 g/mol. The molecule has 2 aliphatic carbocycles. The lowest BCUT2D eigenvalue weighted by molar-refractivity contribution is -0.143. The first kappa shape index (κ1) is 12.6. The van der Waals surface area contributed by atoms with Gasteiger partial charge in [-0.05, 0) is 31.1 Å². The molecule has 0 amide bonds. The maximum absolute atomic E-state index is 11.6. The third kappa shape index (κ3) is 1.80. The summed E-state index contributed by atoms with van der Waals surface area (Å²) in [6, 6.07) is -0.0421. The summed E-state index contributed by atoms with van der Waals surface area (Å²) in [5.74, 6) is 0.410. The third-order valence-corrected chi connectivity index (χ3v) is 5.03. The van der Waals surface area contributed by atoms with E-state index in [0.717, 1.165) is 30.3 Å². The first-order valence-corrected chi connectivity index (χ1v) is 7.27. The van der Waals surface area contributed by atoms with Crippen LogP contribution in [0.1, 0.15) is 19.3 Å². The van der Waals surface area contributed by atoms with Gasteiger partial charge in [-0.1, -0.05) is 0 Å². The molecule has 2 N–H and O–H groups in total. The van der Waals surface area contributed by atoms with E-state index in [1.54, 1.807) is 10.9 Å². The van der Waals surface area contributed by atoms with Crippen LogP contribution in [0.25, 0.3) is 11.0 Å². The lowest BCUT2D eigenvalue weighted by Gasteiger charge is -2.29. The average molecular weight is 287 g/mol. The molecule has 0 aliphatic heterocycles. The predicted molar refractivity (Wildman–Crippen MR) is 75.7 cm³/mol. The predicted octanol–water partition coefficient (Wildman–Crippen LogP) is 1.27. The molecule has 0 saturated heterocycles. The van der Waals surface area contributed by atoms with Crippen molar-refractivity contribution >= 4 is 22.8 Å². The Kier molecular flexibility index (Phi) is 2.63. The van der Waals surface area contributed by atoms with Crippen molar-refractivity contribution in [1.82, 2.24) is 19.7 Å². The Morgan fingerprint density at radius 3 is 3.00 bits per heavy atom. The van der Waals surface area contributed by atoms with Crippen LogP contribution in [0.2, 0.25) is 0 Å². The highest BCUT2D eigenvalue weighted by Gasteiger charge is 2.51. The second-order valence-corrected chi connectivity index (χ2v) is 6.10. The number of nitrogens with zero attached hydrogens (tertiary/aromatic N) is 4. The van der Waals surface area contributed by atoms with Gasteiger partial charge in [0.1, 0.15) is 12.1 Å². The van der Waals surface area contributed by atoms with Crippen LogP contribution in [-0.4, -0.2) is 36.9 Å². The van der Waals surface area contributed by atoms with Crippen LogP contribution in [0.5, 0.6) is 0 Å². The standard InChI is InChI=1S/C14H17N5O2/c1-19-13-9(5-17-19)12(15-6-16-13)18-11-8-3-2-7(4-8)10(11)14(20)21/h5-8,10-11H,2-4H2,1H3,(H,20,21)(H,15,16,18). The Labute approximate surface area is 121 Å². The second kappa shape index (κ2) is 4.41. The SMILES string of the molecule is Cn1ncc2c(NC3C4CCC(C4)C3C(=O)O)ncnc21. The number of aliphatic carboxylic acids is 1. The summed E-state index contributed by atoms with van der Waals surface area (Å²) in [5, 5.41) is 17.9. The summed E-state index contributed by atoms with van der Waals surface area (Å²) in [4.78, 5) is 20.1. The van der Waals surface area contributed by atoms with Gasteiger partial charge in [0.25, 0.3) is 0 Å². The summed E-state index contributed by atoms with van der Waals surface area (Å²) >= 11 is 0. The van der Waals surface area contributed by atoms with E-state index in [0.29, 0.717) is 17.7 Å². The smallest absolute Gasteiger partial charge is 0.308 e. The molecule has 0 aromatic carbocycles. The van der Waals surface area contributed by atoms with E-state index in [-0.39, 0.29) is 12.0 Å². The minimum Gasteiger partial charge on any atom is -0.481 e. The fraction of sp³-hybridized carbons (Fsp3) is 0.571. The quantitative estimate of drug-likeness (QED) is 0.883. The molecule has 0 radical (unpaired) electrons. The van der Waals surface area contributed by atoms with Crippen LogP contribution in [0, 0.1) is 17.8 Å². The fourth-order valence-electron chi connectivity index (χ4n) is 4.09. The van der Waals surface area contributed by atoms with Gasteiger partial charge in [-0.25, -0.2) is 9.97 Å². The maximum atomic E-state index is 11.6. The number of hydrogen-bond donors (Lipinski definition) is 2. The molecular formula is C14H17N5O2. The topological polar surface area (TPSA) is 92.9 Å². The highest BCUT2D eigenvalue weighted by Crippen LogP contribution is 2.49. The van der Waals surface area contributed by atoms with Crippen LogP contribution in [0.3, 0.4) is 0 Å². The van der Waals surface area contributed by atoms with E-state index in [4.69, 9.17) is 0 Å². The molecule has 7 heteroatoms. The van der Waals surface area contributed by atoms with E-state index in [2.05, 4.69) is 20.4 Å². The summed E-state index contributed by atoms with van der Waals surface area (Å²) in [6.07, 6.45) is 6.37. The molecule has 2 aromatic rings. The van der Waals surface area contributed by atoms with Gasteiger partial charge in [-0.2, -0.15) is 5.10 Å². The van der Waals surface area contributed by atoms with Crippen molar-refractivity contribution in [3.63, 3.8) is 0 Å². The van der Waals surface area contributed by atoms with Gasteiger partial charge in [0, 0.05) is 13.1 Å². The summed E-state index contributed by atoms with van der Waals surface area (Å²) in [6.45, 7) is 0. The summed E-state index contributed by atoms with van der Waals surface area (Å²) < 4.78 is 1.69. The molecule has 2 aromatic heterocycles. The van der Waals surface area contributed by atoms with Gasteiger partial charge in [0.05, 0.1) is 17.5 Å². The van der Waals surface area contributed by atoms with Gasteiger partial charge in [0.2, 0.25) is 0 Å². The zero-order chi connectivity index (χ0) is 14.6. The largest absolute Gasteiger partial charge is 0.481 e. The van der Waals surface area contributed by atoms with Crippen LogP contribution in [0.4, 0.5) is 5.82 Å². The van der Waals surface area contributed by atoms with E-state index >= 15 is 0 Å². The van der Waals surface area contributed by atoms with Crippen molar-refractivity contribution < 1.29 is 9.90 Å². The number of aromatic nitrogens is 4. The minimum atomic E-state index is -0.698. The second-order valence-electron chi connectivity index (χ2n) is 6.10. The monoisotopic (exact) mass is 287 g/mol. The zero-order valence-corrected chi connectivity index (χ0v) is 11.7. The fourth-order valence-corrected chi connectivity index (χ4v) is 4.09. The van der Waals surface area contributed by atoms with Crippen molar-refractivity contribution in [2.45, 2.75) is 25.3 Å². The molecule has 0 spiro atoms. The first-order chi connectivity index (χ1) is 10.1. The Bertz CT molecular complexity index is 712. The number of fused-ring (bicyclic) bond motifs is 3. The number of hydrogen-bond acceptors (Lipinski definition) is 5. The van der Waals surface area contributed by atoms with Crippen molar-refractivity contribution in [2.24, 2.45) is 24.8 Å². The molecule has 4 atom stereocenters. The molecule has 2 saturated carbocycles. The molecule has 4 unspecified atom stereocenters. The van der Waals surface area contributed by atoms with Crippen LogP contribution in [0.15, 0.2) is 12.5 Å². The van der Waals surface area contributed by atoms with Crippen LogP contribution < -0.4 is 5.32 Å². The first-order valence-electron chi connectivity index (χ1n) is 7.27. The number of nitrogens with one attached hydrogen (secondary N) is 1. The average Bonchev–Trinajstić information content (AvgIpc) is 3.14. The molecule has 110 valence electrons. The highest BCUT2D eigenvalue weighted by atomic mass is 16.4. The highest BCUT2D eigenvalue weighted by molar-refractivity contribution is 5.86. The Balaban J connectivity index is 1.69. The molecule has 21 heavy (non-hydrogen) atoms. The Morgan fingerprint density at radius 1 is 1.38 bits per heavy atom. The van der Waals surface area contributed by atoms with E-state index in [9.17, 15) is 9.90 Å². The lowest BCUT2D eigenvalue weighted by Crippen LogP contribution is -2.39. The van der Waals surface area contributed by atoms with Crippen molar-refractivity contribution in [2.75, 3.05) is 5.32 Å². The zero-order valence-electron chi connectivity index (χ0n) is 11.7. The molecule has 2 aliphatic rings. The van der Waals surface area contributed by atoms with E-state index in [1.165, 1.54) is 6.33 Å². The molecule has 2 heterocycles. The van der Waals surface area contributed by atoms with E-state index < -0.39 is 5.97 Å². The molecule has 7 nitrogen and oxygen atoms in total. The van der Waals surface area contributed by atoms with Gasteiger partial charge < -0.3 is 10.4 Å². The normalized spacial score (nSPS) is 30.9. The van der Waals surface area contributed by atoms with Crippen molar-refractivity contribution in [1.29, 1.82) is 0 Å². The number of anilines is 1. The van der Waals surface area contributed by atoms with Gasteiger partial charge in [-0.3, -0.25) is 9.48 Å². The lowest BCUT2D eigenvalue weighted by atomic mass is 9.84. The van der Waals surface area contributed by atoms with Gasteiger partial charge in [-0.15, -0.1) is 0 Å². The van der Waals surface area contributed by atoms with E-state index in [1.807, 2.05) is 7.05 Å². The number of carboxylic acids is 1. The Morgan fingerprint density at radius 2 is 2.19 bits per heavy atom. The molecule has 2 bridgehead atoms. The van der Waals surface area contributed by atoms with Crippen LogP contribution in [-0.2, 0) is 11.8 Å². The minimum absolute atomic E-state index is 0.0421. The van der Waals surface area contributed by atoms with Gasteiger partial charge in [0.15, 0.2) is 5.65 Å². The third-order valence-electron chi connectivity index (χ3n) is 5.03. The molecule has 4 rings (SSSR count). The number of rotatable bonds is 3. The summed E-state index contributed by atoms with van der Waals surface area (Å²) in [7, 11) is 1.83. The number of carbonyl (C=O) groups is 1. The maximum Gasteiger partial charge on any atom is 0.308 e.